The smallest absolute Gasteiger partial charge is 0.432 e. The summed E-state index contributed by atoms with van der Waals surface area (Å²) in [6.45, 7) is 15.4. The predicted molar refractivity (Wildman–Crippen MR) is 166 cm³/mol. The highest BCUT2D eigenvalue weighted by Crippen LogP contribution is 2.43. The second kappa shape index (κ2) is 18.2. The SMILES string of the molecule is C=CCCCCCCC[C@@H](CC#CC#CCCCO[Si](C)(C)C(C)(C)C)OC(=O)C(OC)(c1ccccc1)C(F)(F)F. The number of carbonyl (C=O) groups is 1. The molecule has 0 aliphatic heterocycles. The van der Waals surface area contributed by atoms with E-state index in [1.54, 1.807) is 6.07 Å². The fourth-order valence-corrected chi connectivity index (χ4v) is 5.12. The molecule has 0 saturated heterocycles. The number of esters is 1. The molecular formula is C34H49F3O4Si. The van der Waals surface area contributed by atoms with Crippen molar-refractivity contribution in [2.45, 2.75) is 121 Å². The van der Waals surface area contributed by atoms with Gasteiger partial charge in [-0.15, -0.1) is 6.58 Å². The van der Waals surface area contributed by atoms with Gasteiger partial charge in [0.15, 0.2) is 8.32 Å². The molecule has 1 rings (SSSR count). The van der Waals surface area contributed by atoms with Crippen molar-refractivity contribution < 1.29 is 31.9 Å². The number of rotatable bonds is 17. The molecule has 0 bridgehead atoms. The van der Waals surface area contributed by atoms with Gasteiger partial charge in [-0.2, -0.15) is 13.2 Å². The molecule has 2 atom stereocenters. The van der Waals surface area contributed by atoms with E-state index in [2.05, 4.69) is 64.1 Å². The van der Waals surface area contributed by atoms with Gasteiger partial charge in [-0.1, -0.05) is 88.3 Å². The molecular weight excluding hydrogens is 557 g/mol. The molecule has 1 unspecified atom stereocenters. The molecule has 0 aliphatic rings. The summed E-state index contributed by atoms with van der Waals surface area (Å²) in [6.07, 6.45) is 3.55. The summed E-state index contributed by atoms with van der Waals surface area (Å²) in [4.78, 5) is 13.2. The van der Waals surface area contributed by atoms with E-state index in [4.69, 9.17) is 13.9 Å². The molecule has 8 heteroatoms. The molecule has 0 heterocycles. The summed E-state index contributed by atoms with van der Waals surface area (Å²) in [5.41, 5.74) is -3.56. The van der Waals surface area contributed by atoms with Crippen LogP contribution in [0.1, 0.15) is 90.5 Å². The van der Waals surface area contributed by atoms with Crippen LogP contribution < -0.4 is 0 Å². The second-order valence-corrected chi connectivity index (χ2v) is 16.7. The van der Waals surface area contributed by atoms with Gasteiger partial charge in [0.05, 0.1) is 0 Å². The largest absolute Gasteiger partial charge is 0.459 e. The second-order valence-electron chi connectivity index (χ2n) is 11.9. The lowest BCUT2D eigenvalue weighted by atomic mass is 9.92. The molecule has 42 heavy (non-hydrogen) atoms. The third-order valence-electron chi connectivity index (χ3n) is 7.67. The summed E-state index contributed by atoms with van der Waals surface area (Å²) >= 11 is 0. The Hall–Kier alpha value is -2.52. The number of carbonyl (C=O) groups excluding carboxylic acids is 1. The van der Waals surface area contributed by atoms with Crippen molar-refractivity contribution in [3.63, 3.8) is 0 Å². The molecule has 0 aliphatic carbocycles. The number of unbranched alkanes of at least 4 members (excludes halogenated alkanes) is 6. The summed E-state index contributed by atoms with van der Waals surface area (Å²) in [5.74, 6) is 9.96. The van der Waals surface area contributed by atoms with Gasteiger partial charge in [-0.05, 0) is 62.1 Å². The summed E-state index contributed by atoms with van der Waals surface area (Å²) in [7, 11) is -0.918. The van der Waals surface area contributed by atoms with E-state index in [0.29, 0.717) is 25.9 Å². The molecule has 0 amide bonds. The Morgan fingerprint density at radius 2 is 1.60 bits per heavy atom. The van der Waals surface area contributed by atoms with Crippen LogP contribution in [0.5, 0.6) is 0 Å². The first-order chi connectivity index (χ1) is 19.7. The average molecular weight is 607 g/mol. The molecule has 0 radical (unpaired) electrons. The number of ether oxygens (including phenoxy) is 2. The van der Waals surface area contributed by atoms with Gasteiger partial charge in [-0.25, -0.2) is 4.79 Å². The minimum absolute atomic E-state index is 0.0812. The standard InChI is InChI=1S/C34H49F3O4Si/c1-8-9-10-11-12-15-21-26-30(27-22-16-13-14-17-23-28-40-42(6,7)32(2,3)4)41-31(38)33(39-5,34(35,36)37)29-24-19-18-20-25-29/h8,18-20,24-25,30H,1,9-12,15,17,21,23,26-28H2,2-7H3/t30-,33?/m0/s1. The van der Waals surface area contributed by atoms with Crippen LogP contribution in [0.15, 0.2) is 43.0 Å². The minimum Gasteiger partial charge on any atom is -0.459 e. The highest BCUT2D eigenvalue weighted by Gasteiger charge is 2.64. The normalized spacial score (nSPS) is 14.0. The van der Waals surface area contributed by atoms with Gasteiger partial charge in [0, 0.05) is 32.1 Å². The lowest BCUT2D eigenvalue weighted by molar-refractivity contribution is -0.278. The van der Waals surface area contributed by atoms with Crippen LogP contribution in [-0.2, 0) is 24.3 Å². The molecule has 1 aromatic carbocycles. The Labute approximate surface area is 252 Å². The maximum absolute atomic E-state index is 14.3. The Morgan fingerprint density at radius 3 is 2.19 bits per heavy atom. The van der Waals surface area contributed by atoms with Gasteiger partial charge >= 0.3 is 12.1 Å². The van der Waals surface area contributed by atoms with Crippen molar-refractivity contribution in [1.82, 2.24) is 0 Å². The van der Waals surface area contributed by atoms with Gasteiger partial charge < -0.3 is 13.9 Å². The van der Waals surface area contributed by atoms with Gasteiger partial charge in [0.1, 0.15) is 6.10 Å². The fourth-order valence-electron chi connectivity index (χ4n) is 4.04. The first-order valence-electron chi connectivity index (χ1n) is 14.8. The third-order valence-corrected chi connectivity index (χ3v) is 12.2. The Bertz CT molecular complexity index is 1070. The molecule has 0 aromatic heterocycles. The predicted octanol–water partition coefficient (Wildman–Crippen LogP) is 9.12. The molecule has 0 spiro atoms. The summed E-state index contributed by atoms with van der Waals surface area (Å²) < 4.78 is 59.5. The summed E-state index contributed by atoms with van der Waals surface area (Å²) in [5, 5.41) is 0.153. The van der Waals surface area contributed by atoms with Gasteiger partial charge in [-0.3, -0.25) is 0 Å². The quantitative estimate of drug-likeness (QED) is 0.0583. The molecule has 234 valence electrons. The minimum atomic E-state index is -5.03. The lowest BCUT2D eigenvalue weighted by Gasteiger charge is -2.36. The zero-order chi connectivity index (χ0) is 31.7. The number of benzene rings is 1. The number of halogens is 3. The molecule has 1 aromatic rings. The van der Waals surface area contributed by atoms with Crippen molar-refractivity contribution in [3.8, 4) is 23.7 Å². The van der Waals surface area contributed by atoms with E-state index in [0.717, 1.165) is 45.6 Å². The number of hydrogen-bond donors (Lipinski definition) is 0. The van der Waals surface area contributed by atoms with E-state index in [1.807, 2.05) is 6.08 Å². The van der Waals surface area contributed by atoms with E-state index in [9.17, 15) is 18.0 Å². The monoisotopic (exact) mass is 606 g/mol. The molecule has 4 nitrogen and oxygen atoms in total. The molecule has 0 N–H and O–H groups in total. The van der Waals surface area contributed by atoms with Crippen molar-refractivity contribution in [1.29, 1.82) is 0 Å². The van der Waals surface area contributed by atoms with Crippen LogP contribution >= 0.6 is 0 Å². The Kier molecular flexibility index (Phi) is 16.3. The van der Waals surface area contributed by atoms with Gasteiger partial charge in [0.2, 0.25) is 0 Å². The van der Waals surface area contributed by atoms with E-state index < -0.39 is 32.2 Å². The number of methoxy groups -OCH3 is 1. The number of allylic oxidation sites excluding steroid dienone is 1. The van der Waals surface area contributed by atoms with Crippen LogP contribution in [0.2, 0.25) is 18.1 Å². The fraction of sp³-hybridized carbons (Fsp3) is 0.618. The third kappa shape index (κ3) is 12.0. The lowest BCUT2D eigenvalue weighted by Crippen LogP contribution is -2.52. The van der Waals surface area contributed by atoms with Gasteiger partial charge in [0.25, 0.3) is 5.60 Å². The first kappa shape index (κ1) is 37.5. The molecule has 0 saturated carbocycles. The number of alkyl halides is 3. The number of hydrogen-bond acceptors (Lipinski definition) is 4. The van der Waals surface area contributed by atoms with Crippen LogP contribution in [0, 0.1) is 23.7 Å². The highest BCUT2D eigenvalue weighted by molar-refractivity contribution is 6.74. The van der Waals surface area contributed by atoms with Crippen LogP contribution in [0.3, 0.4) is 0 Å². The van der Waals surface area contributed by atoms with Crippen LogP contribution in [0.25, 0.3) is 0 Å². The topological polar surface area (TPSA) is 44.8 Å². The van der Waals surface area contributed by atoms with E-state index >= 15 is 0 Å². The van der Waals surface area contributed by atoms with E-state index in [-0.39, 0.29) is 17.0 Å². The maximum Gasteiger partial charge on any atom is 0.432 e. The zero-order valence-electron chi connectivity index (χ0n) is 26.3. The van der Waals surface area contributed by atoms with E-state index in [1.165, 1.54) is 24.3 Å². The molecule has 0 fully saturated rings. The zero-order valence-corrected chi connectivity index (χ0v) is 27.3. The summed E-state index contributed by atoms with van der Waals surface area (Å²) in [6, 6.07) is 6.85. The Balaban J connectivity index is 2.89. The Morgan fingerprint density at radius 1 is 0.976 bits per heavy atom. The highest BCUT2D eigenvalue weighted by atomic mass is 28.4. The maximum atomic E-state index is 14.3. The van der Waals surface area contributed by atoms with Crippen molar-refractivity contribution >= 4 is 14.3 Å². The van der Waals surface area contributed by atoms with Crippen LogP contribution in [0.4, 0.5) is 13.2 Å². The van der Waals surface area contributed by atoms with Crippen molar-refractivity contribution in [3.05, 3.63) is 48.6 Å². The average Bonchev–Trinajstić information content (AvgIpc) is 2.91. The first-order valence-corrected chi connectivity index (χ1v) is 17.7. The van der Waals surface area contributed by atoms with Crippen LogP contribution in [-0.4, -0.2) is 40.3 Å². The van der Waals surface area contributed by atoms with Crippen molar-refractivity contribution in [2.75, 3.05) is 13.7 Å². The van der Waals surface area contributed by atoms with Crippen molar-refractivity contribution in [2.24, 2.45) is 0 Å².